The SMILES string of the molecule is CN(CC1CCCO1)S(=O)(=O)c1ccc(C(=O)Nc2ccccc2S(C)(=O)=O)cc1. The van der Waals surface area contributed by atoms with E-state index in [0.29, 0.717) is 6.61 Å². The Morgan fingerprint density at radius 3 is 2.37 bits per heavy atom. The zero-order valence-corrected chi connectivity index (χ0v) is 18.4. The molecule has 2 aromatic rings. The highest BCUT2D eigenvalue weighted by molar-refractivity contribution is 7.91. The molecule has 1 aliphatic heterocycles. The van der Waals surface area contributed by atoms with Crippen LogP contribution in [0.25, 0.3) is 0 Å². The molecular weight excluding hydrogens is 428 g/mol. The predicted molar refractivity (Wildman–Crippen MR) is 113 cm³/mol. The van der Waals surface area contributed by atoms with Gasteiger partial charge in [0.2, 0.25) is 10.0 Å². The molecule has 1 atom stereocenters. The lowest BCUT2D eigenvalue weighted by molar-refractivity contribution is 0.0979. The Hall–Kier alpha value is -2.27. The van der Waals surface area contributed by atoms with Crippen molar-refractivity contribution in [3.8, 4) is 0 Å². The van der Waals surface area contributed by atoms with Crippen LogP contribution in [0.1, 0.15) is 23.2 Å². The van der Waals surface area contributed by atoms with Crippen molar-refractivity contribution in [1.82, 2.24) is 4.31 Å². The number of benzene rings is 2. The van der Waals surface area contributed by atoms with Gasteiger partial charge in [0.1, 0.15) is 0 Å². The Bertz CT molecular complexity index is 1120. The van der Waals surface area contributed by atoms with Crippen LogP contribution in [0.15, 0.2) is 58.3 Å². The van der Waals surface area contributed by atoms with E-state index < -0.39 is 25.8 Å². The lowest BCUT2D eigenvalue weighted by Crippen LogP contribution is -2.34. The molecule has 1 fully saturated rings. The van der Waals surface area contributed by atoms with Crippen LogP contribution in [0.2, 0.25) is 0 Å². The number of hydrogen-bond donors (Lipinski definition) is 1. The molecule has 0 radical (unpaired) electrons. The van der Waals surface area contributed by atoms with Crippen molar-refractivity contribution in [2.75, 3.05) is 31.8 Å². The Kier molecular flexibility index (Phi) is 6.61. The molecule has 3 rings (SSSR count). The Morgan fingerprint density at radius 1 is 1.10 bits per heavy atom. The van der Waals surface area contributed by atoms with Gasteiger partial charge in [0, 0.05) is 32.0 Å². The van der Waals surface area contributed by atoms with Gasteiger partial charge in [-0.3, -0.25) is 4.79 Å². The zero-order chi connectivity index (χ0) is 21.9. The number of amides is 1. The highest BCUT2D eigenvalue weighted by Crippen LogP contribution is 2.22. The van der Waals surface area contributed by atoms with Crippen LogP contribution in [0, 0.1) is 0 Å². The molecule has 0 spiro atoms. The van der Waals surface area contributed by atoms with Crippen molar-refractivity contribution < 1.29 is 26.4 Å². The summed E-state index contributed by atoms with van der Waals surface area (Å²) in [6.45, 7) is 0.914. The summed E-state index contributed by atoms with van der Waals surface area (Å²) in [5.74, 6) is -0.539. The highest BCUT2D eigenvalue weighted by atomic mass is 32.2. The van der Waals surface area contributed by atoms with Crippen molar-refractivity contribution in [1.29, 1.82) is 0 Å². The Labute approximate surface area is 176 Å². The maximum Gasteiger partial charge on any atom is 0.255 e. The van der Waals surface area contributed by atoms with Crippen molar-refractivity contribution in [2.45, 2.75) is 28.7 Å². The van der Waals surface area contributed by atoms with Crippen molar-refractivity contribution in [2.24, 2.45) is 0 Å². The lowest BCUT2D eigenvalue weighted by Gasteiger charge is -2.20. The predicted octanol–water partition coefficient (Wildman–Crippen LogP) is 2.14. The third-order valence-corrected chi connectivity index (χ3v) is 7.84. The van der Waals surface area contributed by atoms with Crippen molar-refractivity contribution in [3.63, 3.8) is 0 Å². The number of carbonyl (C=O) groups excluding carboxylic acids is 1. The second-order valence-electron chi connectivity index (χ2n) is 7.17. The van der Waals surface area contributed by atoms with Gasteiger partial charge in [-0.15, -0.1) is 0 Å². The maximum absolute atomic E-state index is 12.8. The average molecular weight is 453 g/mol. The first-order valence-electron chi connectivity index (χ1n) is 9.37. The monoisotopic (exact) mass is 452 g/mol. The van der Waals surface area contributed by atoms with Crippen molar-refractivity contribution in [3.05, 3.63) is 54.1 Å². The summed E-state index contributed by atoms with van der Waals surface area (Å²) in [4.78, 5) is 12.6. The third kappa shape index (κ3) is 5.07. The fraction of sp³-hybridized carbons (Fsp3) is 0.350. The number of likely N-dealkylation sites (N-methyl/N-ethyl adjacent to an activating group) is 1. The van der Waals surface area contributed by atoms with Gasteiger partial charge in [-0.1, -0.05) is 12.1 Å². The molecule has 0 bridgehead atoms. The van der Waals surface area contributed by atoms with Crippen LogP contribution in [0.5, 0.6) is 0 Å². The van der Waals surface area contributed by atoms with E-state index in [4.69, 9.17) is 4.74 Å². The fourth-order valence-corrected chi connectivity index (χ4v) is 5.27. The van der Waals surface area contributed by atoms with E-state index in [-0.39, 0.29) is 33.7 Å². The van der Waals surface area contributed by atoms with E-state index in [1.807, 2.05) is 0 Å². The second-order valence-corrected chi connectivity index (χ2v) is 11.2. The number of para-hydroxylation sites is 1. The number of rotatable bonds is 7. The van der Waals surface area contributed by atoms with Crippen LogP contribution in [0.4, 0.5) is 5.69 Å². The van der Waals surface area contributed by atoms with Crippen LogP contribution in [-0.2, 0) is 24.6 Å². The quantitative estimate of drug-likeness (QED) is 0.689. The number of anilines is 1. The number of sulfonamides is 1. The van der Waals surface area contributed by atoms with Crippen molar-refractivity contribution >= 4 is 31.5 Å². The van der Waals surface area contributed by atoms with Gasteiger partial charge < -0.3 is 10.1 Å². The lowest BCUT2D eigenvalue weighted by atomic mass is 10.2. The van der Waals surface area contributed by atoms with Crippen LogP contribution in [-0.4, -0.2) is 59.6 Å². The normalized spacial score (nSPS) is 17.2. The molecule has 2 aromatic carbocycles. The summed E-state index contributed by atoms with van der Waals surface area (Å²) < 4.78 is 56.0. The van der Waals surface area contributed by atoms with E-state index in [1.54, 1.807) is 12.1 Å². The topological polar surface area (TPSA) is 110 Å². The summed E-state index contributed by atoms with van der Waals surface area (Å²) in [7, 11) is -5.73. The minimum Gasteiger partial charge on any atom is -0.377 e. The first kappa shape index (κ1) is 22.4. The van der Waals surface area contributed by atoms with Crippen LogP contribution in [0.3, 0.4) is 0 Å². The summed E-state index contributed by atoms with van der Waals surface area (Å²) in [6, 6.07) is 11.6. The minimum atomic E-state index is -3.71. The molecule has 1 amide bonds. The third-order valence-electron chi connectivity index (χ3n) is 4.84. The number of nitrogens with zero attached hydrogens (tertiary/aromatic N) is 1. The fourth-order valence-electron chi connectivity index (χ4n) is 3.22. The number of sulfone groups is 1. The Morgan fingerprint density at radius 2 is 1.77 bits per heavy atom. The molecule has 1 unspecified atom stereocenters. The second kappa shape index (κ2) is 8.84. The minimum absolute atomic E-state index is 0.00769. The molecule has 0 aliphatic carbocycles. The van der Waals surface area contributed by atoms with Gasteiger partial charge in [0.05, 0.1) is 21.6 Å². The Balaban J connectivity index is 1.75. The van der Waals surface area contributed by atoms with Gasteiger partial charge >= 0.3 is 0 Å². The number of carbonyl (C=O) groups is 1. The molecule has 0 aromatic heterocycles. The number of nitrogens with one attached hydrogen (secondary N) is 1. The molecule has 1 saturated heterocycles. The van der Waals surface area contributed by atoms with E-state index in [0.717, 1.165) is 19.1 Å². The van der Waals surface area contributed by atoms with Gasteiger partial charge in [-0.25, -0.2) is 16.8 Å². The zero-order valence-electron chi connectivity index (χ0n) is 16.7. The van der Waals surface area contributed by atoms with Gasteiger partial charge in [-0.2, -0.15) is 4.31 Å². The van der Waals surface area contributed by atoms with Gasteiger partial charge in [0.25, 0.3) is 5.91 Å². The van der Waals surface area contributed by atoms with Gasteiger partial charge in [-0.05, 0) is 49.2 Å². The molecule has 30 heavy (non-hydrogen) atoms. The first-order chi connectivity index (χ1) is 14.1. The van der Waals surface area contributed by atoms with Crippen LogP contribution < -0.4 is 5.32 Å². The summed E-state index contributed by atoms with van der Waals surface area (Å²) in [5.41, 5.74) is 0.372. The van der Waals surface area contributed by atoms with Gasteiger partial charge in [0.15, 0.2) is 9.84 Å². The summed E-state index contributed by atoms with van der Waals surface area (Å²) in [6.07, 6.45) is 2.70. The molecule has 1 N–H and O–H groups in total. The number of ether oxygens (including phenoxy) is 1. The molecule has 1 aliphatic rings. The molecular formula is C20H24N2O6S2. The van der Waals surface area contributed by atoms with E-state index in [2.05, 4.69) is 5.32 Å². The smallest absolute Gasteiger partial charge is 0.255 e. The summed E-state index contributed by atoms with van der Waals surface area (Å²) >= 11 is 0. The van der Waals surface area contributed by atoms with E-state index >= 15 is 0 Å². The van der Waals surface area contributed by atoms with E-state index in [1.165, 1.54) is 47.8 Å². The molecule has 0 saturated carbocycles. The first-order valence-corrected chi connectivity index (χ1v) is 12.7. The molecule has 10 heteroatoms. The average Bonchev–Trinajstić information content (AvgIpc) is 3.20. The maximum atomic E-state index is 12.8. The highest BCUT2D eigenvalue weighted by Gasteiger charge is 2.26. The standard InChI is InChI=1S/C20H24N2O6S2/c1-22(14-16-6-5-13-28-16)30(26,27)17-11-9-15(10-12-17)20(23)21-18-7-3-4-8-19(18)29(2,24)25/h3-4,7-12,16H,5-6,13-14H2,1-2H3,(H,21,23). The summed E-state index contributed by atoms with van der Waals surface area (Å²) in [5, 5.41) is 2.57. The molecule has 8 nitrogen and oxygen atoms in total. The largest absolute Gasteiger partial charge is 0.377 e. The molecule has 162 valence electrons. The van der Waals surface area contributed by atoms with Crippen LogP contribution >= 0.6 is 0 Å². The molecule has 1 heterocycles. The van der Waals surface area contributed by atoms with E-state index in [9.17, 15) is 21.6 Å². The number of hydrogen-bond acceptors (Lipinski definition) is 6.